The number of likely N-dealkylation sites (N-methyl/N-ethyl adjacent to an activating group) is 2. The number of hydrogen-bond acceptors (Lipinski definition) is 4. The second kappa shape index (κ2) is 4.81. The van der Waals surface area contributed by atoms with Crippen LogP contribution >= 0.6 is 0 Å². The lowest BCUT2D eigenvalue weighted by Gasteiger charge is -2.43. The van der Waals surface area contributed by atoms with Gasteiger partial charge in [-0.15, -0.1) is 0 Å². The van der Waals surface area contributed by atoms with Gasteiger partial charge in [-0.25, -0.2) is 4.39 Å². The smallest absolute Gasteiger partial charge is 0.168 e. The number of rotatable bonds is 0. The Balaban J connectivity index is 1.88. The predicted octanol–water partition coefficient (Wildman–Crippen LogP) is 2.61. The van der Waals surface area contributed by atoms with Crippen molar-refractivity contribution in [3.8, 4) is 0 Å². The Hall–Kier alpha value is -1.88. The molecular formula is C18H23FN4. The molecule has 4 heterocycles. The fourth-order valence-electron chi connectivity index (χ4n) is 4.12. The molecular weight excluding hydrogens is 291 g/mol. The molecule has 1 aromatic heterocycles. The van der Waals surface area contributed by atoms with Gasteiger partial charge in [0.25, 0.3) is 0 Å². The van der Waals surface area contributed by atoms with Crippen molar-refractivity contribution >= 4 is 11.4 Å². The summed E-state index contributed by atoms with van der Waals surface area (Å²) >= 11 is 0. The molecule has 0 saturated carbocycles. The van der Waals surface area contributed by atoms with Crippen molar-refractivity contribution < 1.29 is 4.39 Å². The summed E-state index contributed by atoms with van der Waals surface area (Å²) in [6, 6.07) is 0.930. The third-order valence-corrected chi connectivity index (χ3v) is 5.68. The first kappa shape index (κ1) is 14.7. The molecule has 23 heavy (non-hydrogen) atoms. The topological polar surface area (TPSA) is 22.6 Å². The van der Waals surface area contributed by atoms with E-state index >= 15 is 0 Å². The maximum atomic E-state index is 14.7. The van der Waals surface area contributed by atoms with Crippen molar-refractivity contribution in [3.63, 3.8) is 0 Å². The van der Waals surface area contributed by atoms with Gasteiger partial charge in [-0.05, 0) is 27.3 Å². The van der Waals surface area contributed by atoms with Crippen LogP contribution in [0, 0.1) is 12.7 Å². The van der Waals surface area contributed by atoms with Gasteiger partial charge in [0.05, 0.1) is 17.1 Å². The fourth-order valence-corrected chi connectivity index (χ4v) is 4.12. The van der Waals surface area contributed by atoms with Gasteiger partial charge in [0.1, 0.15) is 0 Å². The number of aryl methyl sites for hydroxylation is 1. The number of pyridine rings is 1. The minimum Gasteiger partial charge on any atom is -0.364 e. The van der Waals surface area contributed by atoms with E-state index in [-0.39, 0.29) is 5.82 Å². The van der Waals surface area contributed by atoms with E-state index in [2.05, 4.69) is 35.3 Å². The van der Waals surface area contributed by atoms with E-state index in [1.54, 1.807) is 6.92 Å². The van der Waals surface area contributed by atoms with Crippen LogP contribution in [0.5, 0.6) is 0 Å². The normalized spacial score (nSPS) is 27.3. The second-order valence-corrected chi connectivity index (χ2v) is 7.05. The molecule has 3 aliphatic heterocycles. The first-order valence-electron chi connectivity index (χ1n) is 8.18. The second-order valence-electron chi connectivity index (χ2n) is 7.05. The van der Waals surface area contributed by atoms with Crippen LogP contribution in [-0.4, -0.2) is 54.1 Å². The van der Waals surface area contributed by atoms with Crippen LogP contribution in [0.1, 0.15) is 24.6 Å². The molecule has 1 fully saturated rings. The first-order chi connectivity index (χ1) is 10.9. The third kappa shape index (κ3) is 1.89. The van der Waals surface area contributed by atoms with Crippen LogP contribution < -0.4 is 4.90 Å². The van der Waals surface area contributed by atoms with Gasteiger partial charge in [-0.2, -0.15) is 0 Å². The molecule has 5 heteroatoms. The lowest BCUT2D eigenvalue weighted by molar-refractivity contribution is 0.104. The summed E-state index contributed by atoms with van der Waals surface area (Å²) in [5.74, 6) is -0.233. The Morgan fingerprint density at radius 2 is 2.04 bits per heavy atom. The molecule has 122 valence electrons. The van der Waals surface area contributed by atoms with Crippen molar-refractivity contribution in [2.75, 3.05) is 32.1 Å². The zero-order valence-corrected chi connectivity index (χ0v) is 14.2. The van der Waals surface area contributed by atoms with E-state index in [9.17, 15) is 4.39 Å². The highest BCUT2D eigenvalue weighted by atomic mass is 19.1. The number of nitrogens with zero attached hydrogens (tertiary/aromatic N) is 4. The number of fused-ring (bicyclic) bond motifs is 4. The monoisotopic (exact) mass is 314 g/mol. The van der Waals surface area contributed by atoms with Gasteiger partial charge in [-0.3, -0.25) is 9.88 Å². The van der Waals surface area contributed by atoms with Crippen LogP contribution in [0.15, 0.2) is 24.0 Å². The highest BCUT2D eigenvalue weighted by molar-refractivity contribution is 5.87. The SMILES string of the molecule is C=C1C2=C(c3cnc(C)c(F)c3N1C)N1CC(C)N(C)CC1C2. The number of anilines is 1. The molecule has 4 nitrogen and oxygen atoms in total. The molecule has 2 atom stereocenters. The van der Waals surface area contributed by atoms with Gasteiger partial charge in [-0.1, -0.05) is 6.58 Å². The van der Waals surface area contributed by atoms with Gasteiger partial charge in [0, 0.05) is 55.3 Å². The van der Waals surface area contributed by atoms with Crippen molar-refractivity contribution in [2.45, 2.75) is 32.4 Å². The van der Waals surface area contributed by atoms with Crippen molar-refractivity contribution in [2.24, 2.45) is 0 Å². The molecule has 0 amide bonds. The number of piperazine rings is 1. The summed E-state index contributed by atoms with van der Waals surface area (Å²) in [5.41, 5.74) is 5.29. The van der Waals surface area contributed by atoms with Crippen LogP contribution in [0.4, 0.5) is 10.1 Å². The summed E-state index contributed by atoms with van der Waals surface area (Å²) in [6.45, 7) is 10.2. The zero-order chi connectivity index (χ0) is 16.5. The van der Waals surface area contributed by atoms with Gasteiger partial charge in [0.2, 0.25) is 0 Å². The average molecular weight is 314 g/mol. The zero-order valence-electron chi connectivity index (χ0n) is 14.2. The molecule has 0 aromatic carbocycles. The molecule has 0 bridgehead atoms. The largest absolute Gasteiger partial charge is 0.364 e. The summed E-state index contributed by atoms with van der Waals surface area (Å²) in [4.78, 5) is 11.0. The molecule has 3 aliphatic rings. The van der Waals surface area contributed by atoms with Crippen LogP contribution in [0.25, 0.3) is 5.70 Å². The van der Waals surface area contributed by atoms with Crippen molar-refractivity contribution in [1.82, 2.24) is 14.8 Å². The Morgan fingerprint density at radius 3 is 2.78 bits per heavy atom. The maximum absolute atomic E-state index is 14.7. The van der Waals surface area contributed by atoms with Gasteiger partial charge >= 0.3 is 0 Å². The minimum absolute atomic E-state index is 0.233. The highest BCUT2D eigenvalue weighted by Gasteiger charge is 2.43. The Labute approximate surface area is 136 Å². The van der Waals surface area contributed by atoms with E-state index in [1.165, 1.54) is 5.57 Å². The van der Waals surface area contributed by atoms with E-state index in [0.717, 1.165) is 36.5 Å². The Bertz CT molecular complexity index is 739. The number of halogens is 1. The fraction of sp³-hybridized carbons (Fsp3) is 0.500. The molecule has 1 saturated heterocycles. The van der Waals surface area contributed by atoms with E-state index < -0.39 is 0 Å². The van der Waals surface area contributed by atoms with Gasteiger partial charge < -0.3 is 9.80 Å². The summed E-state index contributed by atoms with van der Waals surface area (Å²) in [7, 11) is 4.08. The highest BCUT2D eigenvalue weighted by Crippen LogP contribution is 2.49. The van der Waals surface area contributed by atoms with Crippen LogP contribution in [-0.2, 0) is 0 Å². The quantitative estimate of drug-likeness (QED) is 0.734. The number of allylic oxidation sites excluding steroid dienone is 1. The lowest BCUT2D eigenvalue weighted by atomic mass is 9.97. The summed E-state index contributed by atoms with van der Waals surface area (Å²) in [5, 5.41) is 0. The van der Waals surface area contributed by atoms with Gasteiger partial charge in [0.15, 0.2) is 5.82 Å². The average Bonchev–Trinajstić information content (AvgIpc) is 2.87. The molecule has 1 aromatic rings. The number of aromatic nitrogens is 1. The molecule has 4 rings (SSSR count). The van der Waals surface area contributed by atoms with Crippen molar-refractivity contribution in [3.05, 3.63) is 41.1 Å². The number of hydrogen-bond donors (Lipinski definition) is 0. The predicted molar refractivity (Wildman–Crippen MR) is 90.6 cm³/mol. The summed E-state index contributed by atoms with van der Waals surface area (Å²) in [6.07, 6.45) is 2.81. The Morgan fingerprint density at radius 1 is 1.30 bits per heavy atom. The lowest BCUT2D eigenvalue weighted by Crippen LogP contribution is -2.53. The van der Waals surface area contributed by atoms with E-state index in [0.29, 0.717) is 23.5 Å². The van der Waals surface area contributed by atoms with E-state index in [1.807, 2.05) is 18.1 Å². The molecule has 0 spiro atoms. The standard InChI is InChI=1S/C18H23FN4/c1-10-8-23-13(9-21(10)4)6-14-12(3)22(5)18-15(17(14)23)7-20-11(2)16(18)19/h7,10,13H,3,6,8-9H2,1-2,4-5H3. The van der Waals surface area contributed by atoms with E-state index in [4.69, 9.17) is 0 Å². The third-order valence-electron chi connectivity index (χ3n) is 5.68. The molecule has 0 aliphatic carbocycles. The molecule has 0 radical (unpaired) electrons. The van der Waals surface area contributed by atoms with Crippen LogP contribution in [0.2, 0.25) is 0 Å². The van der Waals surface area contributed by atoms with Crippen LogP contribution in [0.3, 0.4) is 0 Å². The first-order valence-corrected chi connectivity index (χ1v) is 8.18. The molecule has 0 N–H and O–H groups in total. The summed E-state index contributed by atoms with van der Waals surface area (Å²) < 4.78 is 14.7. The Kier molecular flexibility index (Phi) is 3.07. The maximum Gasteiger partial charge on any atom is 0.168 e. The van der Waals surface area contributed by atoms with Crippen molar-refractivity contribution in [1.29, 1.82) is 0 Å². The molecule has 2 unspecified atom stereocenters. The minimum atomic E-state index is -0.233.